The fourth-order valence-electron chi connectivity index (χ4n) is 1.27. The van der Waals surface area contributed by atoms with E-state index in [0.717, 1.165) is 5.69 Å². The first kappa shape index (κ1) is 11.7. The number of hydrogen-bond acceptors (Lipinski definition) is 6. The van der Waals surface area contributed by atoms with Gasteiger partial charge < -0.3 is 10.3 Å². The van der Waals surface area contributed by atoms with E-state index in [1.165, 1.54) is 0 Å². The van der Waals surface area contributed by atoms with Crippen LogP contribution in [0.4, 0.5) is 0 Å². The molecule has 0 spiro atoms. The van der Waals surface area contributed by atoms with Gasteiger partial charge in [0.1, 0.15) is 6.54 Å². The Hall–Kier alpha value is -1.76. The predicted molar refractivity (Wildman–Crippen MR) is 60.0 cm³/mol. The Kier molecular flexibility index (Phi) is 2.93. The zero-order valence-corrected chi connectivity index (χ0v) is 10.2. The van der Waals surface area contributed by atoms with Gasteiger partial charge in [0.05, 0.1) is 11.9 Å². The van der Waals surface area contributed by atoms with Gasteiger partial charge in [0.25, 0.3) is 0 Å². The van der Waals surface area contributed by atoms with Crippen LogP contribution in [0.5, 0.6) is 0 Å². The van der Waals surface area contributed by atoms with Crippen molar-refractivity contribution < 1.29 is 4.52 Å². The predicted octanol–water partition coefficient (Wildman–Crippen LogP) is 0.466. The molecule has 2 aromatic heterocycles. The van der Waals surface area contributed by atoms with Crippen LogP contribution in [-0.2, 0) is 18.5 Å². The van der Waals surface area contributed by atoms with Gasteiger partial charge in [-0.3, -0.25) is 0 Å². The van der Waals surface area contributed by atoms with Crippen LogP contribution in [0.1, 0.15) is 38.2 Å². The molecule has 7 nitrogen and oxygen atoms in total. The van der Waals surface area contributed by atoms with Crippen LogP contribution in [0.3, 0.4) is 0 Å². The third-order valence-corrected chi connectivity index (χ3v) is 2.23. The Bertz CT molecular complexity index is 495. The summed E-state index contributed by atoms with van der Waals surface area (Å²) < 4.78 is 6.78. The number of nitrogens with zero attached hydrogens (tertiary/aromatic N) is 5. The van der Waals surface area contributed by atoms with Crippen molar-refractivity contribution in [2.45, 2.75) is 39.3 Å². The molecule has 7 heteroatoms. The lowest BCUT2D eigenvalue weighted by molar-refractivity contribution is 0.352. The average Bonchev–Trinajstić information content (AvgIpc) is 2.86. The fraction of sp³-hybridized carbons (Fsp3) is 0.600. The van der Waals surface area contributed by atoms with Crippen LogP contribution in [0, 0.1) is 0 Å². The second-order valence-corrected chi connectivity index (χ2v) is 4.87. The normalized spacial score (nSPS) is 12.0. The molecule has 0 aliphatic carbocycles. The molecule has 0 saturated carbocycles. The van der Waals surface area contributed by atoms with Crippen molar-refractivity contribution in [2.24, 2.45) is 5.73 Å². The molecule has 0 radical (unpaired) electrons. The highest BCUT2D eigenvalue weighted by atomic mass is 16.5. The Labute approximate surface area is 99.0 Å². The van der Waals surface area contributed by atoms with E-state index in [-0.39, 0.29) is 5.41 Å². The van der Waals surface area contributed by atoms with Gasteiger partial charge in [-0.1, -0.05) is 31.1 Å². The third kappa shape index (κ3) is 2.68. The van der Waals surface area contributed by atoms with Gasteiger partial charge in [0.15, 0.2) is 5.82 Å². The Morgan fingerprint density at radius 2 is 2.18 bits per heavy atom. The van der Waals surface area contributed by atoms with Crippen LogP contribution in [0.15, 0.2) is 10.7 Å². The van der Waals surface area contributed by atoms with E-state index in [0.29, 0.717) is 24.8 Å². The van der Waals surface area contributed by atoms with Crippen molar-refractivity contribution >= 4 is 0 Å². The molecule has 92 valence electrons. The van der Waals surface area contributed by atoms with Crippen molar-refractivity contribution in [3.63, 3.8) is 0 Å². The maximum atomic E-state index is 5.45. The molecule has 0 bridgehead atoms. The van der Waals surface area contributed by atoms with Crippen molar-refractivity contribution in [1.82, 2.24) is 25.1 Å². The summed E-state index contributed by atoms with van der Waals surface area (Å²) in [4.78, 5) is 4.31. The van der Waals surface area contributed by atoms with E-state index in [2.05, 4.69) is 20.5 Å². The highest BCUT2D eigenvalue weighted by molar-refractivity contribution is 5.00. The molecule has 0 aliphatic heterocycles. The summed E-state index contributed by atoms with van der Waals surface area (Å²) in [5, 5.41) is 11.7. The van der Waals surface area contributed by atoms with Gasteiger partial charge in [-0.15, -0.1) is 5.10 Å². The summed E-state index contributed by atoms with van der Waals surface area (Å²) in [6, 6.07) is 0. The van der Waals surface area contributed by atoms with E-state index in [1.54, 1.807) is 10.9 Å². The first-order chi connectivity index (χ1) is 7.99. The largest absolute Gasteiger partial charge is 0.337 e. The van der Waals surface area contributed by atoms with Gasteiger partial charge in [-0.2, -0.15) is 4.98 Å². The van der Waals surface area contributed by atoms with E-state index in [4.69, 9.17) is 10.3 Å². The summed E-state index contributed by atoms with van der Waals surface area (Å²) >= 11 is 0. The lowest BCUT2D eigenvalue weighted by Gasteiger charge is -2.10. The van der Waals surface area contributed by atoms with Crippen molar-refractivity contribution in [2.75, 3.05) is 0 Å². The summed E-state index contributed by atoms with van der Waals surface area (Å²) in [6.45, 7) is 6.88. The zero-order valence-electron chi connectivity index (χ0n) is 10.2. The first-order valence-corrected chi connectivity index (χ1v) is 5.41. The quantitative estimate of drug-likeness (QED) is 0.832. The van der Waals surface area contributed by atoms with E-state index < -0.39 is 0 Å². The van der Waals surface area contributed by atoms with Gasteiger partial charge in [0.2, 0.25) is 5.89 Å². The molecule has 2 aromatic rings. The van der Waals surface area contributed by atoms with Gasteiger partial charge in [-0.25, -0.2) is 4.68 Å². The molecular weight excluding hydrogens is 220 g/mol. The Morgan fingerprint density at radius 3 is 2.71 bits per heavy atom. The topological polar surface area (TPSA) is 95.7 Å². The zero-order chi connectivity index (χ0) is 12.5. The molecule has 2 heterocycles. The standard InChI is InChI=1S/C10H16N6O/c1-10(2,3)9-12-8(17-14-9)6-16-5-7(4-11)13-15-16/h5H,4,6,11H2,1-3H3. The van der Waals surface area contributed by atoms with Crippen molar-refractivity contribution in [1.29, 1.82) is 0 Å². The lowest BCUT2D eigenvalue weighted by atomic mass is 9.96. The summed E-state index contributed by atoms with van der Waals surface area (Å²) in [5.41, 5.74) is 6.07. The molecule has 0 fully saturated rings. The van der Waals surface area contributed by atoms with E-state index >= 15 is 0 Å². The van der Waals surface area contributed by atoms with Crippen molar-refractivity contribution in [3.8, 4) is 0 Å². The van der Waals surface area contributed by atoms with Gasteiger partial charge in [-0.05, 0) is 0 Å². The molecule has 0 aliphatic rings. The molecule has 0 unspecified atom stereocenters. The monoisotopic (exact) mass is 236 g/mol. The summed E-state index contributed by atoms with van der Waals surface area (Å²) in [7, 11) is 0. The molecule has 0 aromatic carbocycles. The van der Waals surface area contributed by atoms with Crippen LogP contribution in [0.25, 0.3) is 0 Å². The minimum atomic E-state index is -0.119. The van der Waals surface area contributed by atoms with Crippen LogP contribution >= 0.6 is 0 Å². The number of nitrogens with two attached hydrogens (primary N) is 1. The Balaban J connectivity index is 2.11. The third-order valence-electron chi connectivity index (χ3n) is 2.23. The number of rotatable bonds is 3. The molecule has 0 saturated heterocycles. The summed E-state index contributed by atoms with van der Waals surface area (Å²) in [5.74, 6) is 1.20. The SMILES string of the molecule is CC(C)(C)c1noc(Cn2cc(CN)nn2)n1. The molecule has 2 N–H and O–H groups in total. The highest BCUT2D eigenvalue weighted by Gasteiger charge is 2.21. The molecule has 0 atom stereocenters. The van der Waals surface area contributed by atoms with Crippen LogP contribution in [0.2, 0.25) is 0 Å². The van der Waals surface area contributed by atoms with Gasteiger partial charge in [0, 0.05) is 12.0 Å². The molecule has 17 heavy (non-hydrogen) atoms. The molecule has 0 amide bonds. The average molecular weight is 236 g/mol. The minimum absolute atomic E-state index is 0.119. The number of aromatic nitrogens is 5. The fourth-order valence-corrected chi connectivity index (χ4v) is 1.27. The second kappa shape index (κ2) is 4.25. The maximum absolute atomic E-state index is 5.45. The van der Waals surface area contributed by atoms with Crippen LogP contribution in [-0.4, -0.2) is 25.1 Å². The minimum Gasteiger partial charge on any atom is -0.337 e. The molecule has 2 rings (SSSR count). The highest BCUT2D eigenvalue weighted by Crippen LogP contribution is 2.18. The van der Waals surface area contributed by atoms with E-state index in [9.17, 15) is 0 Å². The first-order valence-electron chi connectivity index (χ1n) is 5.41. The maximum Gasteiger partial charge on any atom is 0.248 e. The molecular formula is C10H16N6O. The summed E-state index contributed by atoms with van der Waals surface area (Å²) in [6.07, 6.45) is 1.76. The lowest BCUT2D eigenvalue weighted by Crippen LogP contribution is -2.13. The van der Waals surface area contributed by atoms with Crippen molar-refractivity contribution in [3.05, 3.63) is 23.6 Å². The smallest absolute Gasteiger partial charge is 0.248 e. The van der Waals surface area contributed by atoms with E-state index in [1.807, 2.05) is 20.8 Å². The van der Waals surface area contributed by atoms with Crippen LogP contribution < -0.4 is 5.73 Å². The van der Waals surface area contributed by atoms with Gasteiger partial charge >= 0.3 is 0 Å². The number of hydrogen-bond donors (Lipinski definition) is 1. The second-order valence-electron chi connectivity index (χ2n) is 4.87. The Morgan fingerprint density at radius 1 is 1.41 bits per heavy atom.